The Morgan fingerprint density at radius 2 is 1.55 bits per heavy atom. The largest absolute Gasteiger partial charge is 0.506 e. The van der Waals surface area contributed by atoms with Crippen LogP contribution in [0.5, 0.6) is 11.5 Å². The van der Waals surface area contributed by atoms with Crippen molar-refractivity contribution in [1.29, 1.82) is 0 Å². The van der Waals surface area contributed by atoms with E-state index in [1.54, 1.807) is 0 Å². The number of rotatable bonds is 0. The summed E-state index contributed by atoms with van der Waals surface area (Å²) in [5.41, 5.74) is 0. The minimum Gasteiger partial charge on any atom is -0.506 e. The zero-order valence-corrected chi connectivity index (χ0v) is 7.37. The number of hydrogen-bond donors (Lipinski definition) is 2. The second-order valence-corrected chi connectivity index (χ2v) is 3.02. The zero-order valence-electron chi connectivity index (χ0n) is 5.11. The molecule has 0 fully saturated rings. The quantitative estimate of drug-likeness (QED) is 0.514. The summed E-state index contributed by atoms with van der Waals surface area (Å²) in [7, 11) is 0. The molecule has 1 aromatic carbocycles. The van der Waals surface area contributed by atoms with Crippen molar-refractivity contribution in [3.8, 4) is 11.5 Å². The summed E-state index contributed by atoms with van der Waals surface area (Å²) < 4.78 is 0. The van der Waals surface area contributed by atoms with Gasteiger partial charge in [0.15, 0.2) is 5.75 Å². The van der Waals surface area contributed by atoms with Crippen LogP contribution in [-0.4, -0.2) is 10.2 Å². The Bertz CT molecular complexity index is 272. The third kappa shape index (κ3) is 1.48. The van der Waals surface area contributed by atoms with Crippen molar-refractivity contribution >= 4 is 34.8 Å². The van der Waals surface area contributed by atoms with Gasteiger partial charge in [-0.2, -0.15) is 0 Å². The van der Waals surface area contributed by atoms with Crippen LogP contribution in [0.2, 0.25) is 15.1 Å². The van der Waals surface area contributed by atoms with Crippen molar-refractivity contribution in [2.24, 2.45) is 0 Å². The molecule has 11 heavy (non-hydrogen) atoms. The molecule has 60 valence electrons. The highest BCUT2D eigenvalue weighted by Gasteiger charge is 2.12. The number of phenolic OH excluding ortho intramolecular Hbond substituents is 2. The van der Waals surface area contributed by atoms with Crippen molar-refractivity contribution in [3.63, 3.8) is 0 Å². The van der Waals surface area contributed by atoms with Crippen LogP contribution >= 0.6 is 34.8 Å². The number of aromatic hydroxyl groups is 2. The molecule has 0 heterocycles. The lowest BCUT2D eigenvalue weighted by Crippen LogP contribution is -1.74. The third-order valence-corrected chi connectivity index (χ3v) is 2.25. The Balaban J connectivity index is 3.46. The molecule has 2 nitrogen and oxygen atoms in total. The summed E-state index contributed by atoms with van der Waals surface area (Å²) in [5.74, 6) is -0.574. The molecule has 0 saturated heterocycles. The summed E-state index contributed by atoms with van der Waals surface area (Å²) in [5, 5.41) is 17.8. The average molecular weight is 213 g/mol. The Kier molecular flexibility index (Phi) is 2.37. The third-order valence-electron chi connectivity index (χ3n) is 1.12. The minimum absolute atomic E-state index is 0.0306. The van der Waals surface area contributed by atoms with Crippen molar-refractivity contribution in [3.05, 3.63) is 21.1 Å². The number of halogens is 3. The second-order valence-electron chi connectivity index (χ2n) is 1.85. The molecule has 0 amide bonds. The van der Waals surface area contributed by atoms with E-state index >= 15 is 0 Å². The van der Waals surface area contributed by atoms with Crippen LogP contribution in [0.25, 0.3) is 0 Å². The first-order valence-corrected chi connectivity index (χ1v) is 3.73. The molecule has 0 aliphatic heterocycles. The van der Waals surface area contributed by atoms with E-state index in [9.17, 15) is 0 Å². The molecule has 0 bridgehead atoms. The monoisotopic (exact) mass is 212 g/mol. The summed E-state index contributed by atoms with van der Waals surface area (Å²) in [6.45, 7) is 0. The van der Waals surface area contributed by atoms with Gasteiger partial charge in [-0.3, -0.25) is 0 Å². The van der Waals surface area contributed by atoms with E-state index in [0.29, 0.717) is 0 Å². The SMILES string of the molecule is Oc1cc(Cl)c(O)c(Cl)c1Cl. The maximum absolute atomic E-state index is 9.05. The Labute approximate surface area is 77.9 Å². The molecule has 0 aromatic heterocycles. The summed E-state index contributed by atoms with van der Waals surface area (Å²) in [4.78, 5) is 0. The fourth-order valence-electron chi connectivity index (χ4n) is 0.573. The van der Waals surface area contributed by atoms with Crippen LogP contribution in [-0.2, 0) is 0 Å². The van der Waals surface area contributed by atoms with Gasteiger partial charge in [-0.05, 0) is 0 Å². The van der Waals surface area contributed by atoms with Gasteiger partial charge < -0.3 is 10.2 Å². The van der Waals surface area contributed by atoms with Gasteiger partial charge in [0.25, 0.3) is 0 Å². The zero-order chi connectivity index (χ0) is 8.59. The van der Waals surface area contributed by atoms with Crippen LogP contribution < -0.4 is 0 Å². The topological polar surface area (TPSA) is 40.5 Å². The van der Waals surface area contributed by atoms with Gasteiger partial charge in [-0.15, -0.1) is 0 Å². The van der Waals surface area contributed by atoms with Crippen LogP contribution in [0, 0.1) is 0 Å². The molecule has 1 rings (SSSR count). The molecule has 0 spiro atoms. The predicted octanol–water partition coefficient (Wildman–Crippen LogP) is 3.06. The van der Waals surface area contributed by atoms with Crippen molar-refractivity contribution in [2.75, 3.05) is 0 Å². The first kappa shape index (κ1) is 8.78. The van der Waals surface area contributed by atoms with Crippen molar-refractivity contribution < 1.29 is 10.2 Å². The smallest absolute Gasteiger partial charge is 0.154 e. The number of benzene rings is 1. The highest BCUT2D eigenvalue weighted by atomic mass is 35.5. The number of hydrogen-bond acceptors (Lipinski definition) is 2. The lowest BCUT2D eigenvalue weighted by Gasteiger charge is -2.02. The maximum Gasteiger partial charge on any atom is 0.154 e. The van der Waals surface area contributed by atoms with E-state index in [1.165, 1.54) is 0 Å². The average Bonchev–Trinajstić information content (AvgIpc) is 1.97. The van der Waals surface area contributed by atoms with Gasteiger partial charge in [0, 0.05) is 6.07 Å². The van der Waals surface area contributed by atoms with Gasteiger partial charge in [-0.25, -0.2) is 0 Å². The Hall–Kier alpha value is -0.310. The highest BCUT2D eigenvalue weighted by molar-refractivity contribution is 6.45. The normalized spacial score (nSPS) is 10.1. The molecule has 0 aliphatic carbocycles. The van der Waals surface area contributed by atoms with E-state index in [-0.39, 0.29) is 26.6 Å². The van der Waals surface area contributed by atoms with Crippen LogP contribution in [0.4, 0.5) is 0 Å². The lowest BCUT2D eigenvalue weighted by atomic mass is 10.3. The predicted molar refractivity (Wildman–Crippen MR) is 44.8 cm³/mol. The van der Waals surface area contributed by atoms with E-state index in [0.717, 1.165) is 6.07 Å². The molecule has 2 N–H and O–H groups in total. The van der Waals surface area contributed by atoms with Gasteiger partial charge in [-0.1, -0.05) is 34.8 Å². The van der Waals surface area contributed by atoms with Crippen LogP contribution in [0.15, 0.2) is 6.07 Å². The molecule has 0 unspecified atom stereocenters. The fraction of sp³-hybridized carbons (Fsp3) is 0. The first-order valence-electron chi connectivity index (χ1n) is 2.59. The molecule has 0 aliphatic rings. The highest BCUT2D eigenvalue weighted by Crippen LogP contribution is 2.42. The van der Waals surface area contributed by atoms with Gasteiger partial charge in [0.05, 0.1) is 5.02 Å². The van der Waals surface area contributed by atoms with Crippen LogP contribution in [0.1, 0.15) is 0 Å². The Morgan fingerprint density at radius 3 is 2.09 bits per heavy atom. The maximum atomic E-state index is 9.05. The number of phenols is 2. The van der Waals surface area contributed by atoms with Gasteiger partial charge in [0.2, 0.25) is 0 Å². The summed E-state index contributed by atoms with van der Waals surface area (Å²) >= 11 is 16.4. The van der Waals surface area contributed by atoms with E-state index < -0.39 is 0 Å². The molecule has 1 aromatic rings. The molecule has 0 saturated carbocycles. The summed E-state index contributed by atoms with van der Waals surface area (Å²) in [6.07, 6.45) is 0. The molecular weight excluding hydrogens is 210 g/mol. The second kappa shape index (κ2) is 2.97. The van der Waals surface area contributed by atoms with E-state index in [4.69, 9.17) is 45.0 Å². The van der Waals surface area contributed by atoms with E-state index in [1.807, 2.05) is 0 Å². The minimum atomic E-state index is -0.323. The van der Waals surface area contributed by atoms with Crippen LogP contribution in [0.3, 0.4) is 0 Å². The standard InChI is InChI=1S/C6H3Cl3O2/c7-2-1-3(10)4(8)5(9)6(2)11/h1,10-11H. The molecular formula is C6H3Cl3O2. The van der Waals surface area contributed by atoms with Gasteiger partial charge >= 0.3 is 0 Å². The molecule has 0 radical (unpaired) electrons. The van der Waals surface area contributed by atoms with Crippen molar-refractivity contribution in [2.45, 2.75) is 0 Å². The summed E-state index contributed by atoms with van der Waals surface area (Å²) in [6, 6.07) is 1.12. The first-order chi connectivity index (χ1) is 5.04. The lowest BCUT2D eigenvalue weighted by molar-refractivity contribution is 0.461. The van der Waals surface area contributed by atoms with Crippen molar-refractivity contribution in [1.82, 2.24) is 0 Å². The van der Waals surface area contributed by atoms with Gasteiger partial charge in [0.1, 0.15) is 15.8 Å². The molecule has 0 atom stereocenters. The van der Waals surface area contributed by atoms with E-state index in [2.05, 4.69) is 0 Å². The fourth-order valence-corrected chi connectivity index (χ4v) is 1.16. The Morgan fingerprint density at radius 1 is 1.00 bits per heavy atom. The molecule has 5 heteroatoms.